The summed E-state index contributed by atoms with van der Waals surface area (Å²) in [6.07, 6.45) is 3.54. The lowest BCUT2D eigenvalue weighted by atomic mass is 10.2. The van der Waals surface area contributed by atoms with E-state index in [4.69, 9.17) is 5.73 Å². The number of hydrogen-bond acceptors (Lipinski definition) is 3. The molecule has 4 heteroatoms. The number of aryl methyl sites for hydroxylation is 1. The van der Waals surface area contributed by atoms with Crippen molar-refractivity contribution in [2.75, 3.05) is 0 Å². The molecule has 0 fully saturated rings. The van der Waals surface area contributed by atoms with E-state index < -0.39 is 0 Å². The molecule has 0 saturated carbocycles. The minimum absolute atomic E-state index is 0.471. The second-order valence-corrected chi connectivity index (χ2v) is 3.08. The van der Waals surface area contributed by atoms with Crippen molar-refractivity contribution in [3.63, 3.8) is 0 Å². The van der Waals surface area contributed by atoms with E-state index in [-0.39, 0.29) is 0 Å². The van der Waals surface area contributed by atoms with E-state index in [2.05, 4.69) is 10.1 Å². The third-order valence-electron chi connectivity index (χ3n) is 2.12. The molecule has 0 aliphatic carbocycles. The molecule has 2 rings (SSSR count). The van der Waals surface area contributed by atoms with Crippen molar-refractivity contribution < 1.29 is 0 Å². The van der Waals surface area contributed by atoms with Crippen LogP contribution in [0.4, 0.5) is 0 Å². The molecule has 4 nitrogen and oxygen atoms in total. The van der Waals surface area contributed by atoms with Crippen LogP contribution in [0, 0.1) is 0 Å². The number of rotatable bonds is 2. The average molecular weight is 188 g/mol. The van der Waals surface area contributed by atoms with Gasteiger partial charge in [0.25, 0.3) is 0 Å². The Kier molecular flexibility index (Phi) is 2.28. The Morgan fingerprint density at radius 3 is 2.64 bits per heavy atom. The molecule has 2 aromatic rings. The summed E-state index contributed by atoms with van der Waals surface area (Å²) >= 11 is 0. The van der Waals surface area contributed by atoms with Crippen LogP contribution in [0.15, 0.2) is 30.6 Å². The van der Waals surface area contributed by atoms with Gasteiger partial charge < -0.3 is 5.73 Å². The van der Waals surface area contributed by atoms with Gasteiger partial charge in [0.15, 0.2) is 0 Å². The highest BCUT2D eigenvalue weighted by Crippen LogP contribution is 2.18. The van der Waals surface area contributed by atoms with Gasteiger partial charge in [0.05, 0.1) is 11.4 Å². The summed E-state index contributed by atoms with van der Waals surface area (Å²) in [6.45, 7) is 0.471. The first-order valence-corrected chi connectivity index (χ1v) is 4.44. The molecule has 0 saturated heterocycles. The zero-order valence-corrected chi connectivity index (χ0v) is 8.01. The van der Waals surface area contributed by atoms with E-state index in [1.807, 2.05) is 29.9 Å². The van der Waals surface area contributed by atoms with Gasteiger partial charge >= 0.3 is 0 Å². The zero-order chi connectivity index (χ0) is 9.97. The van der Waals surface area contributed by atoms with E-state index in [1.54, 1.807) is 12.4 Å². The SMILES string of the molecule is Cn1nc(CN)cc1-c1ccncc1. The Labute approximate surface area is 82.4 Å². The van der Waals surface area contributed by atoms with E-state index >= 15 is 0 Å². The Bertz CT molecular complexity index is 419. The van der Waals surface area contributed by atoms with Gasteiger partial charge in [0.1, 0.15) is 0 Å². The number of nitrogens with zero attached hydrogens (tertiary/aromatic N) is 3. The molecule has 0 amide bonds. The summed E-state index contributed by atoms with van der Waals surface area (Å²) < 4.78 is 1.83. The van der Waals surface area contributed by atoms with E-state index in [0.717, 1.165) is 17.0 Å². The largest absolute Gasteiger partial charge is 0.325 e. The minimum atomic E-state index is 0.471. The molecule has 0 aliphatic rings. The maximum atomic E-state index is 5.52. The quantitative estimate of drug-likeness (QED) is 0.763. The molecule has 2 N–H and O–H groups in total. The molecule has 0 aromatic carbocycles. The topological polar surface area (TPSA) is 56.7 Å². The van der Waals surface area contributed by atoms with Crippen LogP contribution in [-0.2, 0) is 13.6 Å². The number of aromatic nitrogens is 3. The van der Waals surface area contributed by atoms with Gasteiger partial charge in [-0.3, -0.25) is 9.67 Å². The zero-order valence-electron chi connectivity index (χ0n) is 8.01. The van der Waals surface area contributed by atoms with Crippen molar-refractivity contribution in [3.8, 4) is 11.3 Å². The van der Waals surface area contributed by atoms with E-state index in [0.29, 0.717) is 6.54 Å². The van der Waals surface area contributed by atoms with Crippen molar-refractivity contribution >= 4 is 0 Å². The van der Waals surface area contributed by atoms with Gasteiger partial charge in [-0.15, -0.1) is 0 Å². The lowest BCUT2D eigenvalue weighted by molar-refractivity contribution is 0.749. The van der Waals surface area contributed by atoms with Crippen LogP contribution in [0.2, 0.25) is 0 Å². The van der Waals surface area contributed by atoms with Crippen molar-refractivity contribution in [2.24, 2.45) is 12.8 Å². The van der Waals surface area contributed by atoms with E-state index in [1.165, 1.54) is 0 Å². The molecule has 0 aliphatic heterocycles. The third kappa shape index (κ3) is 1.52. The van der Waals surface area contributed by atoms with Crippen molar-refractivity contribution in [1.82, 2.24) is 14.8 Å². The predicted octanol–water partition coefficient (Wildman–Crippen LogP) is 0.941. The smallest absolute Gasteiger partial charge is 0.0766 e. The van der Waals surface area contributed by atoms with Crippen molar-refractivity contribution in [2.45, 2.75) is 6.54 Å². The minimum Gasteiger partial charge on any atom is -0.325 e. The second kappa shape index (κ2) is 3.59. The first-order valence-electron chi connectivity index (χ1n) is 4.44. The fourth-order valence-electron chi connectivity index (χ4n) is 1.42. The summed E-state index contributed by atoms with van der Waals surface area (Å²) in [6, 6.07) is 5.91. The van der Waals surface area contributed by atoms with Crippen LogP contribution in [0.3, 0.4) is 0 Å². The summed E-state index contributed by atoms with van der Waals surface area (Å²) in [5, 5.41) is 4.28. The number of pyridine rings is 1. The Morgan fingerprint density at radius 1 is 1.36 bits per heavy atom. The monoisotopic (exact) mass is 188 g/mol. The van der Waals surface area contributed by atoms with Gasteiger partial charge in [-0.05, 0) is 18.2 Å². The average Bonchev–Trinajstić information content (AvgIpc) is 2.61. The molecule has 0 unspecified atom stereocenters. The maximum absolute atomic E-state index is 5.52. The molecular weight excluding hydrogens is 176 g/mol. The molecule has 2 aromatic heterocycles. The standard InChI is InChI=1S/C10H12N4/c1-14-10(6-9(7-11)13-14)8-2-4-12-5-3-8/h2-6H,7,11H2,1H3. The summed E-state index contributed by atoms with van der Waals surface area (Å²) in [4.78, 5) is 3.97. The van der Waals surface area contributed by atoms with Gasteiger partial charge in [0.2, 0.25) is 0 Å². The lowest BCUT2D eigenvalue weighted by Gasteiger charge is -1.99. The molecule has 2 heterocycles. The van der Waals surface area contributed by atoms with Crippen LogP contribution in [-0.4, -0.2) is 14.8 Å². The van der Waals surface area contributed by atoms with Crippen LogP contribution in [0.5, 0.6) is 0 Å². The van der Waals surface area contributed by atoms with Crippen LogP contribution < -0.4 is 5.73 Å². The highest BCUT2D eigenvalue weighted by atomic mass is 15.3. The molecule has 14 heavy (non-hydrogen) atoms. The Morgan fingerprint density at radius 2 is 2.07 bits per heavy atom. The second-order valence-electron chi connectivity index (χ2n) is 3.08. The lowest BCUT2D eigenvalue weighted by Crippen LogP contribution is -1.98. The summed E-state index contributed by atoms with van der Waals surface area (Å²) in [5.41, 5.74) is 8.59. The fraction of sp³-hybridized carbons (Fsp3) is 0.200. The normalized spacial score (nSPS) is 10.4. The predicted molar refractivity (Wildman–Crippen MR) is 54.3 cm³/mol. The molecule has 0 atom stereocenters. The third-order valence-corrected chi connectivity index (χ3v) is 2.12. The molecule has 0 bridgehead atoms. The summed E-state index contributed by atoms with van der Waals surface area (Å²) in [7, 11) is 1.91. The molecular formula is C10H12N4. The summed E-state index contributed by atoms with van der Waals surface area (Å²) in [5.74, 6) is 0. The highest BCUT2D eigenvalue weighted by Gasteiger charge is 2.05. The first kappa shape index (κ1) is 8.90. The van der Waals surface area contributed by atoms with E-state index in [9.17, 15) is 0 Å². The van der Waals surface area contributed by atoms with Gasteiger partial charge in [-0.25, -0.2) is 0 Å². The maximum Gasteiger partial charge on any atom is 0.0766 e. The highest BCUT2D eigenvalue weighted by molar-refractivity contribution is 5.58. The molecule has 0 radical (unpaired) electrons. The van der Waals surface area contributed by atoms with Crippen LogP contribution in [0.25, 0.3) is 11.3 Å². The van der Waals surface area contributed by atoms with Gasteiger partial charge in [-0.2, -0.15) is 5.10 Å². The van der Waals surface area contributed by atoms with Crippen LogP contribution >= 0.6 is 0 Å². The fourth-order valence-corrected chi connectivity index (χ4v) is 1.42. The number of nitrogens with two attached hydrogens (primary N) is 1. The van der Waals surface area contributed by atoms with Gasteiger partial charge in [0, 0.05) is 31.5 Å². The Hall–Kier alpha value is -1.68. The van der Waals surface area contributed by atoms with Gasteiger partial charge in [-0.1, -0.05) is 0 Å². The molecule has 0 spiro atoms. The van der Waals surface area contributed by atoms with Crippen molar-refractivity contribution in [1.29, 1.82) is 0 Å². The molecule has 72 valence electrons. The van der Waals surface area contributed by atoms with Crippen molar-refractivity contribution in [3.05, 3.63) is 36.3 Å². The number of hydrogen-bond donors (Lipinski definition) is 1. The first-order chi connectivity index (χ1) is 6.81. The Balaban J connectivity index is 2.46. The van der Waals surface area contributed by atoms with Crippen LogP contribution in [0.1, 0.15) is 5.69 Å².